The van der Waals surface area contributed by atoms with Gasteiger partial charge in [0.2, 0.25) is 0 Å². The number of esters is 1. The van der Waals surface area contributed by atoms with Crippen molar-refractivity contribution in [2.45, 2.75) is 19.8 Å². The lowest BCUT2D eigenvalue weighted by molar-refractivity contribution is -0.137. The number of halogens is 1. The van der Waals surface area contributed by atoms with Crippen molar-refractivity contribution >= 4 is 21.9 Å². The molecule has 11 heavy (non-hydrogen) atoms. The molecule has 0 aliphatic rings. The average Bonchev–Trinajstić information content (AvgIpc) is 2.01. The van der Waals surface area contributed by atoms with Crippen LogP contribution in [0.5, 0.6) is 0 Å². The van der Waals surface area contributed by atoms with Crippen molar-refractivity contribution in [3.8, 4) is 0 Å². The van der Waals surface area contributed by atoms with E-state index in [0.29, 0.717) is 11.9 Å². The zero-order chi connectivity index (χ0) is 8.53. The summed E-state index contributed by atoms with van der Waals surface area (Å²) in [6.45, 7) is 2.59. The molecular weight excluding hydrogens is 208 g/mol. The number of rotatable bonds is 5. The van der Waals surface area contributed by atoms with Crippen molar-refractivity contribution in [2.75, 3.05) is 11.9 Å². The van der Waals surface area contributed by atoms with Gasteiger partial charge < -0.3 is 4.74 Å². The van der Waals surface area contributed by atoms with Gasteiger partial charge in [-0.25, -0.2) is 4.79 Å². The summed E-state index contributed by atoms with van der Waals surface area (Å²) in [7, 11) is 0. The van der Waals surface area contributed by atoms with Crippen LogP contribution in [0.25, 0.3) is 0 Å². The Balaban J connectivity index is 3.30. The van der Waals surface area contributed by atoms with Crippen LogP contribution in [-0.2, 0) is 9.53 Å². The summed E-state index contributed by atoms with van der Waals surface area (Å²) in [6, 6.07) is 0. The number of allylic oxidation sites excluding steroid dienone is 1. The fourth-order valence-electron chi connectivity index (χ4n) is 0.506. The minimum absolute atomic E-state index is 0.252. The first kappa shape index (κ1) is 10.7. The van der Waals surface area contributed by atoms with Crippen LogP contribution in [0.15, 0.2) is 12.2 Å². The number of alkyl halides is 1. The number of hydrogen-bond acceptors (Lipinski definition) is 2. The van der Waals surface area contributed by atoms with E-state index in [0.717, 1.165) is 12.8 Å². The van der Waals surface area contributed by atoms with Gasteiger partial charge in [0.05, 0.1) is 6.61 Å². The number of hydrogen-bond donors (Lipinski definition) is 0. The van der Waals surface area contributed by atoms with Gasteiger partial charge in [-0.1, -0.05) is 35.4 Å². The van der Waals surface area contributed by atoms with E-state index in [-0.39, 0.29) is 5.97 Å². The Labute approximate surface area is 75.7 Å². The van der Waals surface area contributed by atoms with E-state index in [1.54, 1.807) is 6.08 Å². The van der Waals surface area contributed by atoms with Crippen molar-refractivity contribution < 1.29 is 9.53 Å². The first-order valence-electron chi connectivity index (χ1n) is 3.70. The van der Waals surface area contributed by atoms with Crippen molar-refractivity contribution in [3.05, 3.63) is 12.2 Å². The Bertz CT molecular complexity index is 132. The van der Waals surface area contributed by atoms with E-state index < -0.39 is 0 Å². The fourth-order valence-corrected chi connectivity index (χ4v) is 0.693. The second-order valence-corrected chi connectivity index (χ2v) is 2.73. The van der Waals surface area contributed by atoms with Gasteiger partial charge >= 0.3 is 5.97 Å². The van der Waals surface area contributed by atoms with Gasteiger partial charge in [-0.2, -0.15) is 0 Å². The lowest BCUT2D eigenvalue weighted by atomic mass is 10.4. The van der Waals surface area contributed by atoms with Crippen LogP contribution >= 0.6 is 15.9 Å². The quantitative estimate of drug-likeness (QED) is 0.308. The lowest BCUT2D eigenvalue weighted by Gasteiger charge is -1.97. The molecule has 0 radical (unpaired) electrons. The predicted molar refractivity (Wildman–Crippen MR) is 48.8 cm³/mol. The van der Waals surface area contributed by atoms with Gasteiger partial charge in [-0.15, -0.1) is 0 Å². The molecule has 64 valence electrons. The van der Waals surface area contributed by atoms with E-state index >= 15 is 0 Å². The molecule has 0 aromatic carbocycles. The van der Waals surface area contributed by atoms with Crippen molar-refractivity contribution in [3.63, 3.8) is 0 Å². The fraction of sp³-hybridized carbons (Fsp3) is 0.625. The van der Waals surface area contributed by atoms with Gasteiger partial charge in [-0.05, 0) is 6.42 Å². The highest BCUT2D eigenvalue weighted by atomic mass is 79.9. The molecule has 3 heteroatoms. The molecule has 0 spiro atoms. The summed E-state index contributed by atoms with van der Waals surface area (Å²) >= 11 is 3.17. The maximum atomic E-state index is 10.7. The standard InChI is InChI=1S/C8H13BrO2/c1-2-3-7-11-8(10)5-4-6-9/h4-5H,2-3,6-7H2,1H3. The van der Waals surface area contributed by atoms with Crippen LogP contribution in [-0.4, -0.2) is 17.9 Å². The zero-order valence-electron chi connectivity index (χ0n) is 6.68. The van der Waals surface area contributed by atoms with Crippen molar-refractivity contribution in [1.82, 2.24) is 0 Å². The normalized spacial score (nSPS) is 10.4. The van der Waals surface area contributed by atoms with Gasteiger partial charge in [0, 0.05) is 11.4 Å². The molecule has 0 fully saturated rings. The Morgan fingerprint density at radius 3 is 2.91 bits per heavy atom. The summed E-state index contributed by atoms with van der Waals surface area (Å²) in [5.74, 6) is -0.252. The van der Waals surface area contributed by atoms with E-state index in [4.69, 9.17) is 4.74 Å². The molecule has 0 N–H and O–H groups in total. The van der Waals surface area contributed by atoms with E-state index in [1.165, 1.54) is 6.08 Å². The summed E-state index contributed by atoms with van der Waals surface area (Å²) in [6.07, 6.45) is 5.14. The summed E-state index contributed by atoms with van der Waals surface area (Å²) in [5.41, 5.74) is 0. The second-order valence-electron chi connectivity index (χ2n) is 2.08. The molecule has 0 heterocycles. The number of ether oxygens (including phenoxy) is 1. The largest absolute Gasteiger partial charge is 0.463 e. The van der Waals surface area contributed by atoms with Crippen molar-refractivity contribution in [1.29, 1.82) is 0 Å². The summed E-state index contributed by atoms with van der Waals surface area (Å²) in [4.78, 5) is 10.7. The highest BCUT2D eigenvalue weighted by molar-refractivity contribution is 9.09. The molecule has 0 unspecified atom stereocenters. The highest BCUT2D eigenvalue weighted by Crippen LogP contribution is 1.90. The third-order valence-electron chi connectivity index (χ3n) is 1.09. The molecular formula is C8H13BrO2. The maximum absolute atomic E-state index is 10.7. The zero-order valence-corrected chi connectivity index (χ0v) is 8.26. The Morgan fingerprint density at radius 2 is 2.36 bits per heavy atom. The molecule has 0 aromatic heterocycles. The molecule has 0 saturated heterocycles. The van der Waals surface area contributed by atoms with Crippen LogP contribution in [0, 0.1) is 0 Å². The molecule has 0 saturated carbocycles. The Kier molecular flexibility index (Phi) is 7.57. The molecule has 2 nitrogen and oxygen atoms in total. The first-order valence-corrected chi connectivity index (χ1v) is 4.82. The van der Waals surface area contributed by atoms with Crippen LogP contribution in [0.3, 0.4) is 0 Å². The first-order chi connectivity index (χ1) is 5.31. The maximum Gasteiger partial charge on any atom is 0.330 e. The van der Waals surface area contributed by atoms with Gasteiger partial charge in [0.15, 0.2) is 0 Å². The average molecular weight is 221 g/mol. The molecule has 0 amide bonds. The third kappa shape index (κ3) is 7.59. The monoisotopic (exact) mass is 220 g/mol. The number of carbonyl (C=O) groups is 1. The van der Waals surface area contributed by atoms with Crippen LogP contribution < -0.4 is 0 Å². The second kappa shape index (κ2) is 7.79. The Morgan fingerprint density at radius 1 is 1.64 bits per heavy atom. The van der Waals surface area contributed by atoms with E-state index in [1.807, 2.05) is 0 Å². The molecule has 0 rings (SSSR count). The lowest BCUT2D eigenvalue weighted by Crippen LogP contribution is -2.01. The topological polar surface area (TPSA) is 26.3 Å². The minimum Gasteiger partial charge on any atom is -0.463 e. The van der Waals surface area contributed by atoms with Gasteiger partial charge in [0.1, 0.15) is 0 Å². The van der Waals surface area contributed by atoms with Crippen LogP contribution in [0.4, 0.5) is 0 Å². The molecule has 0 aromatic rings. The molecule has 0 aliphatic carbocycles. The molecule has 0 atom stereocenters. The van der Waals surface area contributed by atoms with E-state index in [2.05, 4.69) is 22.9 Å². The number of carbonyl (C=O) groups excluding carboxylic acids is 1. The van der Waals surface area contributed by atoms with Gasteiger partial charge in [0.25, 0.3) is 0 Å². The highest BCUT2D eigenvalue weighted by Gasteiger charge is 1.93. The molecule has 0 bridgehead atoms. The summed E-state index contributed by atoms with van der Waals surface area (Å²) in [5, 5.41) is 0.690. The predicted octanol–water partition coefficient (Wildman–Crippen LogP) is 2.28. The smallest absolute Gasteiger partial charge is 0.330 e. The minimum atomic E-state index is -0.252. The van der Waals surface area contributed by atoms with Gasteiger partial charge in [-0.3, -0.25) is 0 Å². The summed E-state index contributed by atoms with van der Waals surface area (Å²) < 4.78 is 4.84. The van der Waals surface area contributed by atoms with Crippen LogP contribution in [0.2, 0.25) is 0 Å². The molecule has 0 aliphatic heterocycles. The third-order valence-corrected chi connectivity index (χ3v) is 1.46. The number of unbranched alkanes of at least 4 members (excludes halogenated alkanes) is 1. The van der Waals surface area contributed by atoms with Crippen molar-refractivity contribution in [2.24, 2.45) is 0 Å². The van der Waals surface area contributed by atoms with E-state index in [9.17, 15) is 4.79 Å². The SMILES string of the molecule is CCCCOC(=O)C=CCBr. The van der Waals surface area contributed by atoms with Crippen LogP contribution in [0.1, 0.15) is 19.8 Å². The Hall–Kier alpha value is -0.310.